The summed E-state index contributed by atoms with van der Waals surface area (Å²) in [5.41, 5.74) is 5.73. The van der Waals surface area contributed by atoms with Gasteiger partial charge in [-0.25, -0.2) is 4.79 Å². The van der Waals surface area contributed by atoms with Crippen LogP contribution in [0.3, 0.4) is 0 Å². The lowest BCUT2D eigenvalue weighted by Crippen LogP contribution is -2.33. The van der Waals surface area contributed by atoms with Gasteiger partial charge < -0.3 is 19.7 Å². The third-order valence-electron chi connectivity index (χ3n) is 8.68. The summed E-state index contributed by atoms with van der Waals surface area (Å²) >= 11 is 6.58. The minimum absolute atomic E-state index is 0.355. The van der Waals surface area contributed by atoms with Gasteiger partial charge >= 0.3 is 5.97 Å². The zero-order valence-electron chi connectivity index (χ0n) is 22.7. The Labute approximate surface area is 239 Å². The molecule has 5 nitrogen and oxygen atoms in total. The van der Waals surface area contributed by atoms with Crippen molar-refractivity contribution in [3.05, 3.63) is 112 Å². The number of aryl methyl sites for hydroxylation is 1. The van der Waals surface area contributed by atoms with Crippen molar-refractivity contribution < 1.29 is 14.3 Å². The van der Waals surface area contributed by atoms with Gasteiger partial charge in [0.15, 0.2) is 5.60 Å². The molecule has 4 aromatic rings. The second kappa shape index (κ2) is 9.60. The van der Waals surface area contributed by atoms with Gasteiger partial charge in [-0.1, -0.05) is 49.1 Å². The van der Waals surface area contributed by atoms with E-state index in [0.29, 0.717) is 28.1 Å². The van der Waals surface area contributed by atoms with Crippen LogP contribution in [-0.2, 0) is 10.3 Å². The highest BCUT2D eigenvalue weighted by atomic mass is 35.5. The molecule has 0 saturated heterocycles. The number of halogens is 1. The van der Waals surface area contributed by atoms with E-state index in [0.717, 1.165) is 33.6 Å². The van der Waals surface area contributed by atoms with Gasteiger partial charge in [0, 0.05) is 57.9 Å². The summed E-state index contributed by atoms with van der Waals surface area (Å²) in [7, 11) is 2.20. The SMILES string of the molecule is Cc1cc2c(cc1Cl)C1(OC(=O)c3ccccc31)c1ccc(Nc3ccc(N(C)C4CCCCC4)cc3)cc1O2. The Kier molecular flexibility index (Phi) is 6.01. The summed E-state index contributed by atoms with van der Waals surface area (Å²) in [6, 6.07) is 26.5. The average molecular weight is 551 g/mol. The van der Waals surface area contributed by atoms with Crippen molar-refractivity contribution in [2.24, 2.45) is 0 Å². The van der Waals surface area contributed by atoms with Crippen LogP contribution < -0.4 is 15.0 Å². The van der Waals surface area contributed by atoms with Gasteiger partial charge in [0.2, 0.25) is 0 Å². The number of benzene rings is 4. The molecule has 1 saturated carbocycles. The number of ether oxygens (including phenoxy) is 2. The van der Waals surface area contributed by atoms with E-state index in [-0.39, 0.29) is 5.97 Å². The van der Waals surface area contributed by atoms with Gasteiger partial charge in [0.25, 0.3) is 0 Å². The van der Waals surface area contributed by atoms with E-state index in [1.54, 1.807) is 0 Å². The van der Waals surface area contributed by atoms with Gasteiger partial charge in [-0.05, 0) is 79.9 Å². The molecule has 0 radical (unpaired) electrons. The molecule has 1 N–H and O–H groups in total. The number of esters is 1. The van der Waals surface area contributed by atoms with Crippen molar-refractivity contribution in [1.29, 1.82) is 0 Å². The van der Waals surface area contributed by atoms with Crippen LogP contribution in [0.15, 0.2) is 78.9 Å². The molecule has 4 aromatic carbocycles. The first-order chi connectivity index (χ1) is 19.4. The molecule has 0 amide bonds. The van der Waals surface area contributed by atoms with Crippen molar-refractivity contribution in [3.8, 4) is 11.5 Å². The molecule has 40 heavy (non-hydrogen) atoms. The molecular weight excluding hydrogens is 520 g/mol. The van der Waals surface area contributed by atoms with Crippen LogP contribution in [0.4, 0.5) is 17.1 Å². The van der Waals surface area contributed by atoms with Crippen LogP contribution in [0, 0.1) is 6.92 Å². The number of rotatable bonds is 4. The number of nitrogens with one attached hydrogen (secondary N) is 1. The standard InChI is InChI=1S/C34H31ClN2O3/c1-21-18-31-29(20-30(21)35)34(27-11-7-6-10-26(27)33(38)40-34)28-17-14-23(19-32(28)39-31)36-22-12-15-25(16-13-22)37(2)24-8-4-3-5-9-24/h6-7,10-20,24,36H,3-5,8-9H2,1-2H3. The lowest BCUT2D eigenvalue weighted by atomic mass is 9.77. The molecule has 1 fully saturated rings. The Morgan fingerprint density at radius 3 is 2.38 bits per heavy atom. The third kappa shape index (κ3) is 3.95. The summed E-state index contributed by atoms with van der Waals surface area (Å²) in [6.45, 7) is 1.94. The van der Waals surface area contributed by atoms with Crippen LogP contribution in [0.1, 0.15) is 64.7 Å². The second-order valence-corrected chi connectivity index (χ2v) is 11.5. The molecule has 6 heteroatoms. The third-order valence-corrected chi connectivity index (χ3v) is 9.09. The summed E-state index contributed by atoms with van der Waals surface area (Å²) in [5.74, 6) is 0.912. The molecular formula is C34H31ClN2O3. The topological polar surface area (TPSA) is 50.8 Å². The molecule has 0 bridgehead atoms. The molecule has 1 aliphatic carbocycles. The lowest BCUT2D eigenvalue weighted by Gasteiger charge is -2.37. The highest BCUT2D eigenvalue weighted by molar-refractivity contribution is 6.31. The van der Waals surface area contributed by atoms with Crippen LogP contribution >= 0.6 is 11.6 Å². The van der Waals surface area contributed by atoms with E-state index in [2.05, 4.69) is 41.5 Å². The fraction of sp³-hybridized carbons (Fsp3) is 0.265. The molecule has 3 aliphatic rings. The molecule has 1 spiro atoms. The lowest BCUT2D eigenvalue weighted by molar-refractivity contribution is 0.0224. The number of carbonyl (C=O) groups is 1. The molecule has 7 rings (SSSR count). The molecule has 202 valence electrons. The van der Waals surface area contributed by atoms with Crippen molar-refractivity contribution in [2.45, 2.75) is 50.7 Å². The first kappa shape index (κ1) is 25.0. The average Bonchev–Trinajstić information content (AvgIpc) is 3.27. The van der Waals surface area contributed by atoms with Crippen LogP contribution in [0.25, 0.3) is 0 Å². The zero-order valence-corrected chi connectivity index (χ0v) is 23.4. The molecule has 2 heterocycles. The van der Waals surface area contributed by atoms with E-state index in [1.165, 1.54) is 37.8 Å². The summed E-state index contributed by atoms with van der Waals surface area (Å²) in [4.78, 5) is 15.5. The number of nitrogens with zero attached hydrogens (tertiary/aromatic N) is 1. The zero-order chi connectivity index (χ0) is 27.4. The Bertz CT molecular complexity index is 1630. The summed E-state index contributed by atoms with van der Waals surface area (Å²) in [6.07, 6.45) is 6.52. The number of hydrogen-bond donors (Lipinski definition) is 1. The Morgan fingerprint density at radius 1 is 0.850 bits per heavy atom. The summed E-state index contributed by atoms with van der Waals surface area (Å²) in [5, 5.41) is 4.12. The Hall–Kier alpha value is -3.96. The minimum atomic E-state index is -1.13. The first-order valence-corrected chi connectivity index (χ1v) is 14.4. The Morgan fingerprint density at radius 2 is 1.57 bits per heavy atom. The Balaban J connectivity index is 1.24. The number of fused-ring (bicyclic) bond motifs is 6. The monoisotopic (exact) mass is 550 g/mol. The van der Waals surface area contributed by atoms with Crippen molar-refractivity contribution in [1.82, 2.24) is 0 Å². The van der Waals surface area contributed by atoms with E-state index in [9.17, 15) is 4.79 Å². The van der Waals surface area contributed by atoms with E-state index in [1.807, 2.05) is 61.5 Å². The number of carbonyl (C=O) groups excluding carboxylic acids is 1. The summed E-state index contributed by atoms with van der Waals surface area (Å²) < 4.78 is 12.7. The van der Waals surface area contributed by atoms with Crippen molar-refractivity contribution in [2.75, 3.05) is 17.3 Å². The number of hydrogen-bond acceptors (Lipinski definition) is 5. The van der Waals surface area contributed by atoms with Gasteiger partial charge in [-0.3, -0.25) is 0 Å². The normalized spacial score (nSPS) is 19.3. The van der Waals surface area contributed by atoms with Gasteiger partial charge in [-0.15, -0.1) is 0 Å². The fourth-order valence-electron chi connectivity index (χ4n) is 6.50. The predicted molar refractivity (Wildman–Crippen MR) is 159 cm³/mol. The smallest absolute Gasteiger partial charge is 0.340 e. The van der Waals surface area contributed by atoms with Gasteiger partial charge in [-0.2, -0.15) is 0 Å². The van der Waals surface area contributed by atoms with Gasteiger partial charge in [0.05, 0.1) is 5.56 Å². The van der Waals surface area contributed by atoms with E-state index >= 15 is 0 Å². The molecule has 1 atom stereocenters. The number of anilines is 3. The second-order valence-electron chi connectivity index (χ2n) is 11.1. The van der Waals surface area contributed by atoms with Crippen LogP contribution in [0.2, 0.25) is 5.02 Å². The largest absolute Gasteiger partial charge is 0.456 e. The minimum Gasteiger partial charge on any atom is -0.456 e. The fourth-order valence-corrected chi connectivity index (χ4v) is 6.66. The van der Waals surface area contributed by atoms with E-state index < -0.39 is 5.60 Å². The molecule has 0 aromatic heterocycles. The predicted octanol–water partition coefficient (Wildman–Crippen LogP) is 8.73. The van der Waals surface area contributed by atoms with E-state index in [4.69, 9.17) is 21.1 Å². The highest BCUT2D eigenvalue weighted by Gasteiger charge is 2.53. The van der Waals surface area contributed by atoms with Crippen molar-refractivity contribution in [3.63, 3.8) is 0 Å². The van der Waals surface area contributed by atoms with Crippen LogP contribution in [0.5, 0.6) is 11.5 Å². The molecule has 2 aliphatic heterocycles. The maximum absolute atomic E-state index is 13.1. The van der Waals surface area contributed by atoms with Gasteiger partial charge in [0.1, 0.15) is 11.5 Å². The molecule has 1 unspecified atom stereocenters. The highest BCUT2D eigenvalue weighted by Crippen LogP contribution is 2.57. The van der Waals surface area contributed by atoms with Crippen molar-refractivity contribution >= 4 is 34.6 Å². The maximum atomic E-state index is 13.1. The first-order valence-electron chi connectivity index (χ1n) is 14.0. The maximum Gasteiger partial charge on any atom is 0.340 e. The van der Waals surface area contributed by atoms with Crippen LogP contribution in [-0.4, -0.2) is 19.1 Å². The quantitative estimate of drug-likeness (QED) is 0.257.